The first kappa shape index (κ1) is 53.8. The van der Waals surface area contributed by atoms with Crippen LogP contribution in [-0.2, 0) is 61.8 Å². The molecule has 0 bridgehead atoms. The lowest BCUT2D eigenvalue weighted by molar-refractivity contribution is -0.327. The van der Waals surface area contributed by atoms with Gasteiger partial charge in [-0.2, -0.15) is 0 Å². The van der Waals surface area contributed by atoms with Crippen LogP contribution < -0.4 is 0 Å². The highest BCUT2D eigenvalue weighted by molar-refractivity contribution is 5.91. The Hall–Kier alpha value is -4.12. The number of esters is 3. The summed E-state index contributed by atoms with van der Waals surface area (Å²) in [5, 5.41) is 112. The number of allylic oxidation sites excluding steroid dienone is 2. The average Bonchev–Trinajstić information content (AvgIpc) is 3.61. The molecule has 1 saturated carbocycles. The van der Waals surface area contributed by atoms with Gasteiger partial charge >= 0.3 is 23.9 Å². The molecule has 11 N–H and O–H groups in total. The predicted octanol–water partition coefficient (Wildman–Crippen LogP) is -3.41. The van der Waals surface area contributed by atoms with Gasteiger partial charge in [0.15, 0.2) is 12.6 Å². The zero-order chi connectivity index (χ0) is 49.4. The van der Waals surface area contributed by atoms with E-state index in [-0.39, 0.29) is 35.3 Å². The molecule has 0 spiro atoms. The zero-order valence-corrected chi connectivity index (χ0v) is 37.2. The zero-order valence-electron chi connectivity index (χ0n) is 37.2. The van der Waals surface area contributed by atoms with Gasteiger partial charge in [-0.25, -0.2) is 9.59 Å². The molecular weight excluding hydrogens is 900 g/mol. The molecule has 24 heteroatoms. The van der Waals surface area contributed by atoms with E-state index in [2.05, 4.69) is 0 Å². The van der Waals surface area contributed by atoms with Crippen molar-refractivity contribution in [2.75, 3.05) is 40.1 Å². The topological polar surface area (TPSA) is 374 Å². The second-order valence-corrected chi connectivity index (χ2v) is 16.9. The average molecular weight is 963 g/mol. The first-order chi connectivity index (χ1) is 31.9. The smallest absolute Gasteiger partial charge is 0.337 e. The third kappa shape index (κ3) is 11.8. The Morgan fingerprint density at radius 1 is 0.716 bits per heavy atom. The number of methoxy groups -OCH3 is 1. The molecule has 4 aliphatic heterocycles. The first-order valence-corrected chi connectivity index (χ1v) is 21.7. The van der Waals surface area contributed by atoms with Gasteiger partial charge in [0.2, 0.25) is 12.6 Å². The number of carboxylic acid groups (broad SMARTS) is 1. The minimum Gasteiger partial charge on any atom is -0.478 e. The fourth-order valence-electron chi connectivity index (χ4n) is 9.16. The highest BCUT2D eigenvalue weighted by atomic mass is 16.8. The summed E-state index contributed by atoms with van der Waals surface area (Å²) in [7, 11) is 1.11. The lowest BCUT2D eigenvalue weighted by Crippen LogP contribution is -2.60. The SMILES string of the molecule is C/C=C1\[C@H](O[C@@H]2O[C@H](CO)[C@@H](O)[C@H](O)[C@H]2O)OC=C(C(=O)O)[C@@H]1CC(=O)OC[C@@H]1[C@H](C)[C@@H](OC(=O)C[C@H]2C(C(=O)OC)=CO[C@@H](O[C@@H]3O[C@H](CO)[C@@H](O)[C@H](O)[C@H]3O)/C2=C\C)C[C@H]1C(CO)CO. The van der Waals surface area contributed by atoms with Crippen molar-refractivity contribution in [3.8, 4) is 0 Å². The van der Waals surface area contributed by atoms with Crippen LogP contribution in [0.3, 0.4) is 0 Å². The van der Waals surface area contributed by atoms with Crippen molar-refractivity contribution in [2.45, 2.75) is 120 Å². The summed E-state index contributed by atoms with van der Waals surface area (Å²) in [4.78, 5) is 52.7. The molecular formula is C43H62O24. The van der Waals surface area contributed by atoms with E-state index in [1.807, 2.05) is 0 Å². The minimum absolute atomic E-state index is 0.0936. The van der Waals surface area contributed by atoms with Crippen LogP contribution in [0.2, 0.25) is 0 Å². The number of carbonyl (C=O) groups is 4. The van der Waals surface area contributed by atoms with Gasteiger partial charge in [0, 0.05) is 48.0 Å². The maximum absolute atomic E-state index is 13.8. The summed E-state index contributed by atoms with van der Waals surface area (Å²) >= 11 is 0. The summed E-state index contributed by atoms with van der Waals surface area (Å²) in [6.45, 7) is 2.00. The molecule has 5 aliphatic rings. The lowest BCUT2D eigenvalue weighted by atomic mass is 9.82. The van der Waals surface area contributed by atoms with Crippen molar-refractivity contribution >= 4 is 23.9 Å². The molecule has 2 saturated heterocycles. The van der Waals surface area contributed by atoms with E-state index in [4.69, 9.17) is 42.6 Å². The molecule has 0 amide bonds. The van der Waals surface area contributed by atoms with E-state index < -0.39 is 179 Å². The Kier molecular flexibility index (Phi) is 19.2. The molecule has 0 aromatic carbocycles. The molecule has 24 nitrogen and oxygen atoms in total. The molecule has 0 aromatic rings. The molecule has 4 heterocycles. The molecule has 0 radical (unpaired) electrons. The van der Waals surface area contributed by atoms with E-state index in [0.717, 1.165) is 19.6 Å². The van der Waals surface area contributed by atoms with Crippen molar-refractivity contribution in [2.24, 2.45) is 35.5 Å². The molecule has 3 fully saturated rings. The summed E-state index contributed by atoms with van der Waals surface area (Å²) in [6, 6.07) is 0. The quantitative estimate of drug-likeness (QED) is 0.0362. The number of aliphatic hydroxyl groups excluding tert-OH is 10. The lowest BCUT2D eigenvalue weighted by Gasteiger charge is -2.42. The van der Waals surface area contributed by atoms with Crippen LogP contribution in [0.15, 0.2) is 47.0 Å². The van der Waals surface area contributed by atoms with E-state index >= 15 is 0 Å². The van der Waals surface area contributed by atoms with Crippen LogP contribution in [-0.4, -0.2) is 200 Å². The number of carboxylic acids is 1. The van der Waals surface area contributed by atoms with Gasteiger partial charge in [-0.05, 0) is 32.1 Å². The van der Waals surface area contributed by atoms with Crippen LogP contribution in [0, 0.1) is 35.5 Å². The summed E-state index contributed by atoms with van der Waals surface area (Å²) in [6.07, 6.45) is -16.5. The number of rotatable bonds is 18. The van der Waals surface area contributed by atoms with E-state index in [9.17, 15) is 75.3 Å². The predicted molar refractivity (Wildman–Crippen MR) is 218 cm³/mol. The molecule has 18 atom stereocenters. The molecule has 1 aliphatic carbocycles. The molecule has 378 valence electrons. The molecule has 0 aromatic heterocycles. The molecule has 67 heavy (non-hydrogen) atoms. The maximum Gasteiger partial charge on any atom is 0.337 e. The van der Waals surface area contributed by atoms with Gasteiger partial charge in [0.05, 0.1) is 63.4 Å². The summed E-state index contributed by atoms with van der Waals surface area (Å²) < 4.78 is 50.2. The van der Waals surface area contributed by atoms with E-state index in [0.29, 0.717) is 0 Å². The van der Waals surface area contributed by atoms with E-state index in [1.165, 1.54) is 19.1 Å². The molecule has 5 rings (SSSR count). The first-order valence-electron chi connectivity index (χ1n) is 21.7. The van der Waals surface area contributed by atoms with Gasteiger partial charge in [-0.1, -0.05) is 19.1 Å². The van der Waals surface area contributed by atoms with Crippen LogP contribution in [0.1, 0.15) is 40.0 Å². The van der Waals surface area contributed by atoms with Crippen molar-refractivity contribution in [1.29, 1.82) is 0 Å². The number of ether oxygens (including phenoxy) is 9. The third-order valence-electron chi connectivity index (χ3n) is 13.1. The number of hydrogen-bond acceptors (Lipinski definition) is 23. The van der Waals surface area contributed by atoms with Crippen molar-refractivity contribution < 1.29 is 118 Å². The fourth-order valence-corrected chi connectivity index (χ4v) is 9.16. The summed E-state index contributed by atoms with van der Waals surface area (Å²) in [5.41, 5.74) is -0.197. The van der Waals surface area contributed by atoms with Crippen LogP contribution >= 0.6 is 0 Å². The highest BCUT2D eigenvalue weighted by Gasteiger charge is 2.50. The van der Waals surface area contributed by atoms with Crippen LogP contribution in [0.5, 0.6) is 0 Å². The van der Waals surface area contributed by atoms with Gasteiger partial charge in [0.1, 0.15) is 54.9 Å². The van der Waals surface area contributed by atoms with Crippen molar-refractivity contribution in [1.82, 2.24) is 0 Å². The minimum atomic E-state index is -1.82. The van der Waals surface area contributed by atoms with Crippen LogP contribution in [0.25, 0.3) is 0 Å². The standard InChI is InChI=1S/C43H62O24/c1-5-19-22(25(38(56)57)15-61-40(19)66-42-36(54)34(52)32(50)28(12-46)64-42)8-30(48)60-14-24-17(3)27(7-21(24)18(10-44)11-45)63-31(49)9-23-20(6-2)41(62-16-26(23)39(58)59-4)67-43-37(55)35(53)33(51)29(13-47)65-43/h5-6,15-18,21-24,27-29,32-37,40-47,50-55H,7-14H2,1-4H3,(H,56,57)/b19-5-,20-6-/t17-,21-,22+,23+,24+,27-,28+,29+,32+,33+,34-,35-,36+,37+,40-,41-,42-,43-/m0/s1. The Bertz CT molecular complexity index is 1840. The Morgan fingerprint density at radius 3 is 1.64 bits per heavy atom. The Labute approximate surface area is 384 Å². The Morgan fingerprint density at radius 2 is 1.19 bits per heavy atom. The highest BCUT2D eigenvalue weighted by Crippen LogP contribution is 2.45. The van der Waals surface area contributed by atoms with Gasteiger partial charge in [-0.3, -0.25) is 9.59 Å². The maximum atomic E-state index is 13.8. The monoisotopic (exact) mass is 962 g/mol. The van der Waals surface area contributed by atoms with Crippen molar-refractivity contribution in [3.63, 3.8) is 0 Å². The van der Waals surface area contributed by atoms with Gasteiger partial charge in [-0.15, -0.1) is 0 Å². The second kappa shape index (κ2) is 23.9. The largest absolute Gasteiger partial charge is 0.478 e. The molecule has 0 unspecified atom stereocenters. The van der Waals surface area contributed by atoms with Gasteiger partial charge in [0.25, 0.3) is 0 Å². The van der Waals surface area contributed by atoms with E-state index in [1.54, 1.807) is 13.8 Å². The fraction of sp³-hybridized carbons (Fsp3) is 0.721. The normalized spacial score (nSPS) is 39.0. The number of carbonyl (C=O) groups excluding carboxylic acids is 3. The van der Waals surface area contributed by atoms with Crippen LogP contribution in [0.4, 0.5) is 0 Å². The third-order valence-corrected chi connectivity index (χ3v) is 13.1. The number of aliphatic hydroxyl groups is 10. The number of hydrogen-bond donors (Lipinski definition) is 11. The summed E-state index contributed by atoms with van der Waals surface area (Å²) in [5.74, 6) is -8.86. The second-order valence-electron chi connectivity index (χ2n) is 16.9. The Balaban J connectivity index is 1.28. The van der Waals surface area contributed by atoms with Gasteiger partial charge < -0.3 is 98.8 Å². The number of aliphatic carboxylic acids is 1. The van der Waals surface area contributed by atoms with Crippen molar-refractivity contribution in [3.05, 3.63) is 47.0 Å².